The number of carboxylic acids is 1. The van der Waals surface area contributed by atoms with Crippen molar-refractivity contribution in [1.29, 1.82) is 0 Å². The zero-order chi connectivity index (χ0) is 22.1. The molecule has 6 N–H and O–H groups in total. The van der Waals surface area contributed by atoms with Crippen molar-refractivity contribution < 1.29 is 14.6 Å². The number of H-pyrrole nitrogens is 1. The number of carboxylic acid groups (broad SMARTS) is 1. The third kappa shape index (κ3) is 3.84. The number of nitrogen functional groups attached to an aromatic ring is 2. The van der Waals surface area contributed by atoms with Crippen LogP contribution in [0.25, 0.3) is 22.5 Å². The number of ether oxygens (including phenoxy) is 1. The van der Waals surface area contributed by atoms with Crippen LogP contribution in [0.15, 0.2) is 47.3 Å². The van der Waals surface area contributed by atoms with Gasteiger partial charge >= 0.3 is 5.97 Å². The maximum atomic E-state index is 12.0. The van der Waals surface area contributed by atoms with Gasteiger partial charge in [0.1, 0.15) is 17.3 Å². The summed E-state index contributed by atoms with van der Waals surface area (Å²) >= 11 is 0. The van der Waals surface area contributed by atoms with Crippen LogP contribution in [-0.2, 0) is 10.2 Å². The van der Waals surface area contributed by atoms with Gasteiger partial charge in [-0.25, -0.2) is 4.98 Å². The summed E-state index contributed by atoms with van der Waals surface area (Å²) in [5.74, 6) is -0.197. The van der Waals surface area contributed by atoms with E-state index in [9.17, 15) is 14.7 Å². The highest BCUT2D eigenvalue weighted by molar-refractivity contribution is 5.81. The molecule has 0 radical (unpaired) electrons. The van der Waals surface area contributed by atoms with Crippen molar-refractivity contribution in [3.05, 3.63) is 58.4 Å². The molecule has 0 amide bonds. The Kier molecular flexibility index (Phi) is 5.51. The third-order valence-corrected chi connectivity index (χ3v) is 4.97. The minimum atomic E-state index is -1.02. The van der Waals surface area contributed by atoms with Crippen LogP contribution in [0.5, 0.6) is 5.75 Å². The molecular formula is C22H24N4O4. The molecule has 0 aliphatic heterocycles. The second-order valence-electron chi connectivity index (χ2n) is 7.37. The van der Waals surface area contributed by atoms with Gasteiger partial charge in [0, 0.05) is 0 Å². The van der Waals surface area contributed by atoms with Gasteiger partial charge in [0.25, 0.3) is 5.56 Å². The van der Waals surface area contributed by atoms with Crippen LogP contribution in [-0.4, -0.2) is 27.7 Å². The maximum absolute atomic E-state index is 12.0. The fourth-order valence-corrected chi connectivity index (χ4v) is 3.01. The molecule has 30 heavy (non-hydrogen) atoms. The van der Waals surface area contributed by atoms with Crippen LogP contribution in [0, 0.1) is 0 Å². The first-order valence-electron chi connectivity index (χ1n) is 9.42. The van der Waals surface area contributed by atoms with E-state index in [4.69, 9.17) is 16.2 Å². The maximum Gasteiger partial charge on any atom is 0.313 e. The molecule has 0 unspecified atom stereocenters. The van der Waals surface area contributed by atoms with Crippen molar-refractivity contribution in [2.45, 2.75) is 26.2 Å². The van der Waals surface area contributed by atoms with Gasteiger partial charge in [-0.05, 0) is 49.6 Å². The van der Waals surface area contributed by atoms with Crippen LogP contribution in [0.3, 0.4) is 0 Å². The number of aromatic nitrogens is 2. The lowest BCUT2D eigenvalue weighted by atomic mass is 9.83. The monoisotopic (exact) mass is 408 g/mol. The van der Waals surface area contributed by atoms with Crippen molar-refractivity contribution >= 4 is 17.5 Å². The Balaban J connectivity index is 2.11. The number of hydrogen-bond donors (Lipinski definition) is 4. The van der Waals surface area contributed by atoms with E-state index in [1.54, 1.807) is 26.0 Å². The van der Waals surface area contributed by atoms with Gasteiger partial charge in [0.15, 0.2) is 5.82 Å². The standard InChI is InChI=1S/C22H24N4O4/c1-4-30-16-11-13(12-6-5-7-14(10-12)22(2,3)21(28)29)8-9-15(16)19-25-18(24)17(23)20(27)26-19/h5-11H,4,23H2,1-3H3,(H,28,29)(H3,24,25,26,27). The average molecular weight is 408 g/mol. The number of rotatable bonds is 6. The zero-order valence-electron chi connectivity index (χ0n) is 17.0. The number of nitrogens with one attached hydrogen (secondary N) is 1. The first kappa shape index (κ1) is 20.9. The minimum absolute atomic E-state index is 0.0520. The summed E-state index contributed by atoms with van der Waals surface area (Å²) in [5.41, 5.74) is 12.6. The molecule has 2 aromatic carbocycles. The highest BCUT2D eigenvalue weighted by atomic mass is 16.5. The third-order valence-electron chi connectivity index (χ3n) is 4.97. The molecule has 3 rings (SSSR count). The smallest absolute Gasteiger partial charge is 0.313 e. The van der Waals surface area contributed by atoms with E-state index in [-0.39, 0.29) is 17.3 Å². The van der Waals surface area contributed by atoms with Crippen LogP contribution in [0.4, 0.5) is 11.5 Å². The normalized spacial score (nSPS) is 11.3. The lowest BCUT2D eigenvalue weighted by molar-refractivity contribution is -0.142. The molecule has 3 aromatic rings. The van der Waals surface area contributed by atoms with Crippen LogP contribution in [0.1, 0.15) is 26.3 Å². The Bertz CT molecular complexity index is 1170. The topological polar surface area (TPSA) is 144 Å². The fraction of sp³-hybridized carbons (Fsp3) is 0.227. The number of carbonyl (C=O) groups is 1. The Morgan fingerprint density at radius 2 is 1.87 bits per heavy atom. The summed E-state index contributed by atoms with van der Waals surface area (Å²) in [7, 11) is 0. The van der Waals surface area contributed by atoms with Crippen LogP contribution >= 0.6 is 0 Å². The molecule has 0 spiro atoms. The SMILES string of the molecule is CCOc1cc(-c2cccc(C(C)(C)C(=O)O)c2)ccc1-c1nc(N)c(N)c(=O)[nH]1. The summed E-state index contributed by atoms with van der Waals surface area (Å²) in [5, 5.41) is 9.52. The molecule has 0 aliphatic rings. The molecule has 156 valence electrons. The van der Waals surface area contributed by atoms with E-state index in [2.05, 4.69) is 9.97 Å². The molecule has 8 nitrogen and oxygen atoms in total. The molecule has 0 saturated heterocycles. The van der Waals surface area contributed by atoms with Crippen LogP contribution < -0.4 is 21.8 Å². The van der Waals surface area contributed by atoms with E-state index < -0.39 is 16.9 Å². The molecule has 1 heterocycles. The van der Waals surface area contributed by atoms with Gasteiger partial charge in [-0.15, -0.1) is 0 Å². The van der Waals surface area contributed by atoms with Gasteiger partial charge in [-0.1, -0.05) is 30.3 Å². The molecule has 0 fully saturated rings. The minimum Gasteiger partial charge on any atom is -0.493 e. The highest BCUT2D eigenvalue weighted by Gasteiger charge is 2.29. The Morgan fingerprint density at radius 3 is 2.50 bits per heavy atom. The van der Waals surface area contributed by atoms with Crippen molar-refractivity contribution in [1.82, 2.24) is 9.97 Å². The van der Waals surface area contributed by atoms with Gasteiger partial charge in [0.2, 0.25) is 0 Å². The molecule has 0 saturated carbocycles. The molecule has 8 heteroatoms. The number of aromatic amines is 1. The van der Waals surface area contributed by atoms with Crippen molar-refractivity contribution in [2.75, 3.05) is 18.1 Å². The Morgan fingerprint density at radius 1 is 1.17 bits per heavy atom. The van der Waals surface area contributed by atoms with Crippen molar-refractivity contribution in [3.8, 4) is 28.3 Å². The summed E-state index contributed by atoms with van der Waals surface area (Å²) in [6.45, 7) is 5.57. The lowest BCUT2D eigenvalue weighted by Crippen LogP contribution is -2.28. The summed E-state index contributed by atoms with van der Waals surface area (Å²) in [6, 6.07) is 12.8. The molecule has 0 atom stereocenters. The molecular weight excluding hydrogens is 384 g/mol. The first-order valence-corrected chi connectivity index (χ1v) is 9.42. The van der Waals surface area contributed by atoms with E-state index in [1.807, 2.05) is 37.3 Å². The fourth-order valence-electron chi connectivity index (χ4n) is 3.01. The van der Waals surface area contributed by atoms with E-state index >= 15 is 0 Å². The van der Waals surface area contributed by atoms with Gasteiger partial charge in [0.05, 0.1) is 17.6 Å². The van der Waals surface area contributed by atoms with E-state index in [1.165, 1.54) is 0 Å². The number of benzene rings is 2. The van der Waals surface area contributed by atoms with Crippen molar-refractivity contribution in [3.63, 3.8) is 0 Å². The quantitative estimate of drug-likeness (QED) is 0.490. The lowest BCUT2D eigenvalue weighted by Gasteiger charge is -2.20. The van der Waals surface area contributed by atoms with Gasteiger partial charge < -0.3 is 26.3 Å². The zero-order valence-corrected chi connectivity index (χ0v) is 17.0. The molecule has 1 aromatic heterocycles. The largest absolute Gasteiger partial charge is 0.493 e. The first-order chi connectivity index (χ1) is 14.1. The van der Waals surface area contributed by atoms with E-state index in [0.717, 1.165) is 11.1 Å². The Hall–Kier alpha value is -3.81. The number of hydrogen-bond acceptors (Lipinski definition) is 6. The second-order valence-corrected chi connectivity index (χ2v) is 7.37. The number of nitrogens with zero attached hydrogens (tertiary/aromatic N) is 1. The summed E-state index contributed by atoms with van der Waals surface area (Å²) in [6.07, 6.45) is 0. The van der Waals surface area contributed by atoms with Gasteiger partial charge in [-0.3, -0.25) is 9.59 Å². The van der Waals surface area contributed by atoms with Crippen molar-refractivity contribution in [2.24, 2.45) is 0 Å². The second kappa shape index (κ2) is 7.90. The molecule has 0 aliphatic carbocycles. The summed E-state index contributed by atoms with van der Waals surface area (Å²) in [4.78, 5) is 30.4. The van der Waals surface area contributed by atoms with E-state index in [0.29, 0.717) is 23.5 Å². The predicted octanol–water partition coefficient (Wildman–Crippen LogP) is 3.03. The predicted molar refractivity (Wildman–Crippen MR) is 116 cm³/mol. The number of nitrogens with two attached hydrogens (primary N) is 2. The highest BCUT2D eigenvalue weighted by Crippen LogP contribution is 2.34. The van der Waals surface area contributed by atoms with Gasteiger partial charge in [-0.2, -0.15) is 0 Å². The summed E-state index contributed by atoms with van der Waals surface area (Å²) < 4.78 is 5.77. The average Bonchev–Trinajstić information content (AvgIpc) is 2.72. The Labute approximate surface area is 173 Å². The molecule has 0 bridgehead atoms. The number of aliphatic carboxylic acids is 1. The van der Waals surface area contributed by atoms with Crippen LogP contribution in [0.2, 0.25) is 0 Å². The number of anilines is 2.